The molecule has 2 aromatic rings. The Labute approximate surface area is 134 Å². The van der Waals surface area contributed by atoms with Crippen LogP contribution in [0.5, 0.6) is 0 Å². The highest BCUT2D eigenvalue weighted by Crippen LogP contribution is 2.25. The van der Waals surface area contributed by atoms with Gasteiger partial charge in [0.1, 0.15) is 0 Å². The maximum atomic E-state index is 2.43. The standard InChI is InChI=1S/C22H26/c1-3-19(20-11-8-17(2)9-12-20)7-5-4-6-18-10-13-21-14-15-22(21)16-18/h3,8-13,16H,4-7,14-15H2,1-2H3/b19-3+. The van der Waals surface area contributed by atoms with Gasteiger partial charge in [-0.25, -0.2) is 0 Å². The summed E-state index contributed by atoms with van der Waals surface area (Å²) in [5.41, 5.74) is 8.88. The molecule has 0 heterocycles. The van der Waals surface area contributed by atoms with E-state index in [0.29, 0.717) is 0 Å². The lowest BCUT2D eigenvalue weighted by atomic mass is 9.86. The second-order valence-corrected chi connectivity index (χ2v) is 6.49. The zero-order chi connectivity index (χ0) is 15.4. The van der Waals surface area contributed by atoms with Gasteiger partial charge in [0.15, 0.2) is 0 Å². The lowest BCUT2D eigenvalue weighted by molar-refractivity contribution is 0.748. The highest BCUT2D eigenvalue weighted by Gasteiger charge is 2.12. The Morgan fingerprint density at radius 1 is 0.955 bits per heavy atom. The van der Waals surface area contributed by atoms with Crippen molar-refractivity contribution in [3.63, 3.8) is 0 Å². The summed E-state index contributed by atoms with van der Waals surface area (Å²) < 4.78 is 0. The van der Waals surface area contributed by atoms with E-state index in [1.165, 1.54) is 60.8 Å². The normalized spacial score (nSPS) is 13.6. The topological polar surface area (TPSA) is 0 Å². The molecule has 1 aliphatic carbocycles. The molecule has 0 N–H and O–H groups in total. The van der Waals surface area contributed by atoms with Crippen LogP contribution in [-0.4, -0.2) is 0 Å². The van der Waals surface area contributed by atoms with Crippen molar-refractivity contribution in [2.24, 2.45) is 0 Å². The van der Waals surface area contributed by atoms with Crippen LogP contribution in [-0.2, 0) is 19.3 Å². The van der Waals surface area contributed by atoms with Crippen LogP contribution in [0.25, 0.3) is 5.57 Å². The molecular formula is C22H26. The molecule has 0 spiro atoms. The molecule has 0 amide bonds. The molecule has 1 aliphatic rings. The molecule has 0 atom stereocenters. The van der Waals surface area contributed by atoms with Gasteiger partial charge in [-0.1, -0.05) is 54.1 Å². The van der Waals surface area contributed by atoms with Crippen molar-refractivity contribution in [1.29, 1.82) is 0 Å². The number of hydrogen-bond acceptors (Lipinski definition) is 0. The first-order valence-electron chi connectivity index (χ1n) is 8.59. The molecule has 22 heavy (non-hydrogen) atoms. The van der Waals surface area contributed by atoms with Crippen LogP contribution in [0.4, 0.5) is 0 Å². The third kappa shape index (κ3) is 3.50. The molecule has 0 radical (unpaired) electrons. The number of benzene rings is 2. The minimum absolute atomic E-state index is 1.19. The van der Waals surface area contributed by atoms with Crippen LogP contribution >= 0.6 is 0 Å². The number of fused-ring (bicyclic) bond motifs is 1. The molecular weight excluding hydrogens is 264 g/mol. The fourth-order valence-corrected chi connectivity index (χ4v) is 3.27. The number of rotatable bonds is 6. The lowest BCUT2D eigenvalue weighted by Gasteiger charge is -2.19. The Morgan fingerprint density at radius 3 is 2.36 bits per heavy atom. The third-order valence-electron chi connectivity index (χ3n) is 4.87. The minimum Gasteiger partial charge on any atom is -0.0838 e. The predicted molar refractivity (Wildman–Crippen MR) is 96.2 cm³/mol. The van der Waals surface area contributed by atoms with Gasteiger partial charge in [0.2, 0.25) is 0 Å². The van der Waals surface area contributed by atoms with Crippen LogP contribution in [0.1, 0.15) is 54.0 Å². The van der Waals surface area contributed by atoms with E-state index in [1.54, 1.807) is 11.1 Å². The van der Waals surface area contributed by atoms with Crippen LogP contribution < -0.4 is 0 Å². The molecule has 0 saturated carbocycles. The second kappa shape index (κ2) is 6.96. The largest absolute Gasteiger partial charge is 0.0838 e. The van der Waals surface area contributed by atoms with E-state index < -0.39 is 0 Å². The molecule has 0 fully saturated rings. The van der Waals surface area contributed by atoms with E-state index in [-0.39, 0.29) is 0 Å². The first-order chi connectivity index (χ1) is 10.8. The Hall–Kier alpha value is -1.82. The van der Waals surface area contributed by atoms with Crippen molar-refractivity contribution in [3.8, 4) is 0 Å². The number of hydrogen-bond donors (Lipinski definition) is 0. The Bertz CT molecular complexity index is 659. The summed E-state index contributed by atoms with van der Waals surface area (Å²) in [6, 6.07) is 16.0. The number of unbranched alkanes of at least 4 members (excludes halogenated alkanes) is 1. The van der Waals surface area contributed by atoms with Crippen LogP contribution in [0.15, 0.2) is 48.5 Å². The smallest absolute Gasteiger partial charge is 0.0228 e. The van der Waals surface area contributed by atoms with Crippen molar-refractivity contribution in [2.75, 3.05) is 0 Å². The summed E-state index contributed by atoms with van der Waals surface area (Å²) in [7, 11) is 0. The molecule has 3 rings (SSSR count). The summed E-state index contributed by atoms with van der Waals surface area (Å²) in [5.74, 6) is 0. The summed E-state index contributed by atoms with van der Waals surface area (Å²) in [5, 5.41) is 0. The summed E-state index contributed by atoms with van der Waals surface area (Å²) >= 11 is 0. The molecule has 0 aromatic heterocycles. The van der Waals surface area contributed by atoms with Crippen molar-refractivity contribution in [3.05, 3.63) is 76.4 Å². The van der Waals surface area contributed by atoms with E-state index >= 15 is 0 Å². The first kappa shape index (κ1) is 15.1. The Morgan fingerprint density at radius 2 is 1.73 bits per heavy atom. The van der Waals surface area contributed by atoms with Gasteiger partial charge in [0.05, 0.1) is 0 Å². The van der Waals surface area contributed by atoms with Gasteiger partial charge in [-0.15, -0.1) is 0 Å². The van der Waals surface area contributed by atoms with Gasteiger partial charge in [0, 0.05) is 0 Å². The summed E-state index contributed by atoms with van der Waals surface area (Å²) in [6.07, 6.45) is 9.81. The molecule has 0 saturated heterocycles. The van der Waals surface area contributed by atoms with Crippen LogP contribution in [0.2, 0.25) is 0 Å². The fourth-order valence-electron chi connectivity index (χ4n) is 3.27. The average Bonchev–Trinajstić information content (AvgIpc) is 2.51. The van der Waals surface area contributed by atoms with E-state index in [2.05, 4.69) is 62.4 Å². The monoisotopic (exact) mass is 290 g/mol. The quantitative estimate of drug-likeness (QED) is 0.580. The molecule has 0 unspecified atom stereocenters. The van der Waals surface area contributed by atoms with Crippen LogP contribution in [0.3, 0.4) is 0 Å². The van der Waals surface area contributed by atoms with E-state index in [1.807, 2.05) is 0 Å². The van der Waals surface area contributed by atoms with Crippen LogP contribution in [0, 0.1) is 6.92 Å². The van der Waals surface area contributed by atoms with Gasteiger partial charge in [-0.05, 0) is 80.2 Å². The zero-order valence-corrected chi connectivity index (χ0v) is 13.9. The molecule has 0 aliphatic heterocycles. The van der Waals surface area contributed by atoms with E-state index in [0.717, 1.165) is 0 Å². The van der Waals surface area contributed by atoms with Crippen molar-refractivity contribution >= 4 is 5.57 Å². The van der Waals surface area contributed by atoms with Gasteiger partial charge in [0.25, 0.3) is 0 Å². The Balaban J connectivity index is 1.49. The third-order valence-corrected chi connectivity index (χ3v) is 4.87. The second-order valence-electron chi connectivity index (χ2n) is 6.49. The van der Waals surface area contributed by atoms with Gasteiger partial charge < -0.3 is 0 Å². The van der Waals surface area contributed by atoms with E-state index in [9.17, 15) is 0 Å². The first-order valence-corrected chi connectivity index (χ1v) is 8.59. The summed E-state index contributed by atoms with van der Waals surface area (Å²) in [4.78, 5) is 0. The fraction of sp³-hybridized carbons (Fsp3) is 0.364. The summed E-state index contributed by atoms with van der Waals surface area (Å²) in [6.45, 7) is 4.31. The minimum atomic E-state index is 1.19. The number of aryl methyl sites for hydroxylation is 4. The van der Waals surface area contributed by atoms with Gasteiger partial charge >= 0.3 is 0 Å². The maximum absolute atomic E-state index is 2.43. The lowest BCUT2D eigenvalue weighted by Crippen LogP contribution is -2.08. The van der Waals surface area contributed by atoms with Crippen molar-refractivity contribution < 1.29 is 0 Å². The SMILES string of the molecule is C/C=C(\CCCCc1ccc2c(c1)CC2)c1ccc(C)cc1. The predicted octanol–water partition coefficient (Wildman–Crippen LogP) is 5.91. The molecule has 0 heteroatoms. The van der Waals surface area contributed by atoms with Crippen molar-refractivity contribution in [1.82, 2.24) is 0 Å². The zero-order valence-electron chi connectivity index (χ0n) is 13.9. The highest BCUT2D eigenvalue weighted by molar-refractivity contribution is 5.65. The highest BCUT2D eigenvalue weighted by atomic mass is 14.2. The van der Waals surface area contributed by atoms with Crippen molar-refractivity contribution in [2.45, 2.75) is 52.4 Å². The molecule has 0 nitrogen and oxygen atoms in total. The number of allylic oxidation sites excluding steroid dienone is 2. The van der Waals surface area contributed by atoms with E-state index in [4.69, 9.17) is 0 Å². The molecule has 2 aromatic carbocycles. The van der Waals surface area contributed by atoms with Gasteiger partial charge in [-0.2, -0.15) is 0 Å². The maximum Gasteiger partial charge on any atom is -0.0228 e. The molecule has 114 valence electrons. The van der Waals surface area contributed by atoms with Gasteiger partial charge in [-0.3, -0.25) is 0 Å². The molecule has 0 bridgehead atoms. The Kier molecular flexibility index (Phi) is 4.77. The average molecular weight is 290 g/mol.